The van der Waals surface area contributed by atoms with E-state index in [1.165, 1.54) is 4.90 Å². The number of fused-ring (bicyclic) bond motifs is 2. The van der Waals surface area contributed by atoms with Gasteiger partial charge in [0.15, 0.2) is 5.82 Å². The summed E-state index contributed by atoms with van der Waals surface area (Å²) in [7, 11) is 1.99. The molecule has 0 radical (unpaired) electrons. The number of carbonyl (C=O) groups excluding carboxylic acids is 1. The van der Waals surface area contributed by atoms with Gasteiger partial charge in [0, 0.05) is 49.4 Å². The minimum Gasteiger partial charge on any atom is -0.465 e. The standard InChI is InChI=1S/C28H34N6O3/c1-6-33-23(15-18-11-12-29-16-24(18)33)25-30-21-14-19(9-10-22(21)31(25)5)26(35)32-13-7-8-20(17-32)34(27(36)37)28(2,3)4/h9-12,14-16,20H,6-8,13,17H2,1-5H3,(H,36,37)/t20-/m1/s1. The molecule has 1 aliphatic rings. The van der Waals surface area contributed by atoms with E-state index in [1.807, 2.05) is 58.3 Å². The van der Waals surface area contributed by atoms with E-state index in [1.54, 1.807) is 11.1 Å². The zero-order valence-corrected chi connectivity index (χ0v) is 22.1. The molecule has 4 aromatic rings. The summed E-state index contributed by atoms with van der Waals surface area (Å²) in [5, 5.41) is 10.9. The Morgan fingerprint density at radius 2 is 1.95 bits per heavy atom. The lowest BCUT2D eigenvalue weighted by molar-refractivity contribution is 0.0315. The Kier molecular flexibility index (Phi) is 6.17. The first-order valence-electron chi connectivity index (χ1n) is 12.8. The van der Waals surface area contributed by atoms with Gasteiger partial charge in [-0.2, -0.15) is 0 Å². The molecule has 0 aliphatic carbocycles. The minimum atomic E-state index is -0.950. The third kappa shape index (κ3) is 4.32. The summed E-state index contributed by atoms with van der Waals surface area (Å²) in [6.45, 7) is 9.57. The fourth-order valence-electron chi connectivity index (χ4n) is 5.71. The van der Waals surface area contributed by atoms with Crippen molar-refractivity contribution in [3.05, 3.63) is 48.3 Å². The van der Waals surface area contributed by atoms with Crippen molar-refractivity contribution in [1.29, 1.82) is 0 Å². The van der Waals surface area contributed by atoms with Crippen LogP contribution in [-0.2, 0) is 13.6 Å². The van der Waals surface area contributed by atoms with Gasteiger partial charge in [-0.3, -0.25) is 14.7 Å². The van der Waals surface area contributed by atoms with E-state index in [2.05, 4.69) is 27.1 Å². The first-order valence-corrected chi connectivity index (χ1v) is 12.8. The number of aromatic nitrogens is 4. The van der Waals surface area contributed by atoms with E-state index in [9.17, 15) is 14.7 Å². The monoisotopic (exact) mass is 502 g/mol. The molecule has 1 N–H and O–H groups in total. The van der Waals surface area contributed by atoms with Gasteiger partial charge < -0.3 is 19.1 Å². The summed E-state index contributed by atoms with van der Waals surface area (Å²) in [4.78, 5) is 38.0. The number of carboxylic acid groups (broad SMARTS) is 1. The van der Waals surface area contributed by atoms with Crippen LogP contribution in [0.5, 0.6) is 0 Å². The normalized spacial score (nSPS) is 16.5. The highest BCUT2D eigenvalue weighted by atomic mass is 16.4. The topological polar surface area (TPSA) is 96.5 Å². The third-order valence-electron chi connectivity index (χ3n) is 7.36. The molecule has 0 unspecified atom stereocenters. The van der Waals surface area contributed by atoms with E-state index in [4.69, 9.17) is 4.98 Å². The number of imidazole rings is 1. The molecular weight excluding hydrogens is 468 g/mol. The van der Waals surface area contributed by atoms with Crippen LogP contribution in [-0.4, -0.2) is 70.7 Å². The predicted molar refractivity (Wildman–Crippen MR) is 144 cm³/mol. The molecule has 2 amide bonds. The summed E-state index contributed by atoms with van der Waals surface area (Å²) < 4.78 is 4.26. The fourth-order valence-corrected chi connectivity index (χ4v) is 5.71. The Bertz CT molecular complexity index is 1500. The minimum absolute atomic E-state index is 0.0909. The van der Waals surface area contributed by atoms with Gasteiger partial charge in [0.05, 0.1) is 34.5 Å². The zero-order valence-electron chi connectivity index (χ0n) is 22.1. The van der Waals surface area contributed by atoms with E-state index in [-0.39, 0.29) is 11.9 Å². The summed E-state index contributed by atoms with van der Waals surface area (Å²) in [5.74, 6) is 0.741. The number of carbonyl (C=O) groups is 2. The van der Waals surface area contributed by atoms with Crippen LogP contribution in [0.2, 0.25) is 0 Å². The van der Waals surface area contributed by atoms with Crippen LogP contribution >= 0.6 is 0 Å². The average Bonchev–Trinajstić information content (AvgIpc) is 3.39. The summed E-state index contributed by atoms with van der Waals surface area (Å²) in [5.41, 5.74) is 3.79. The van der Waals surface area contributed by atoms with Gasteiger partial charge >= 0.3 is 6.09 Å². The number of aryl methyl sites for hydroxylation is 2. The number of nitrogens with zero attached hydrogens (tertiary/aromatic N) is 6. The van der Waals surface area contributed by atoms with Gasteiger partial charge in [-0.05, 0) is 70.9 Å². The van der Waals surface area contributed by atoms with Crippen LogP contribution in [0.1, 0.15) is 50.9 Å². The molecule has 1 aliphatic heterocycles. The van der Waals surface area contributed by atoms with Crippen molar-refractivity contribution < 1.29 is 14.7 Å². The van der Waals surface area contributed by atoms with Crippen LogP contribution in [0.3, 0.4) is 0 Å². The number of pyridine rings is 1. The van der Waals surface area contributed by atoms with Gasteiger partial charge in [0.1, 0.15) is 0 Å². The van der Waals surface area contributed by atoms with Gasteiger partial charge in [-0.25, -0.2) is 9.78 Å². The Morgan fingerprint density at radius 1 is 1.16 bits per heavy atom. The van der Waals surface area contributed by atoms with E-state index in [0.29, 0.717) is 18.7 Å². The third-order valence-corrected chi connectivity index (χ3v) is 7.36. The highest BCUT2D eigenvalue weighted by Crippen LogP contribution is 2.30. The van der Waals surface area contributed by atoms with Crippen molar-refractivity contribution in [2.75, 3.05) is 13.1 Å². The van der Waals surface area contributed by atoms with E-state index < -0.39 is 11.6 Å². The number of hydrogen-bond acceptors (Lipinski definition) is 4. The molecule has 0 saturated carbocycles. The van der Waals surface area contributed by atoms with Crippen molar-refractivity contribution >= 4 is 33.9 Å². The molecule has 4 heterocycles. The van der Waals surface area contributed by atoms with Crippen molar-refractivity contribution in [3.8, 4) is 11.5 Å². The van der Waals surface area contributed by atoms with Crippen molar-refractivity contribution in [1.82, 2.24) is 28.9 Å². The van der Waals surface area contributed by atoms with Crippen molar-refractivity contribution in [3.63, 3.8) is 0 Å². The first kappa shape index (κ1) is 24.8. The largest absolute Gasteiger partial charge is 0.465 e. The summed E-state index contributed by atoms with van der Waals surface area (Å²) >= 11 is 0. The van der Waals surface area contributed by atoms with Crippen LogP contribution < -0.4 is 0 Å². The quantitative estimate of drug-likeness (QED) is 0.424. The number of piperidine rings is 1. The first-order chi connectivity index (χ1) is 17.6. The highest BCUT2D eigenvalue weighted by Gasteiger charge is 2.37. The van der Waals surface area contributed by atoms with Crippen LogP contribution in [0.15, 0.2) is 42.7 Å². The molecule has 5 rings (SSSR count). The molecule has 1 aromatic carbocycles. The van der Waals surface area contributed by atoms with E-state index in [0.717, 1.165) is 52.8 Å². The summed E-state index contributed by atoms with van der Waals surface area (Å²) in [6, 6.07) is 9.54. The maximum atomic E-state index is 13.5. The lowest BCUT2D eigenvalue weighted by atomic mass is 9.97. The van der Waals surface area contributed by atoms with Crippen LogP contribution in [0.4, 0.5) is 4.79 Å². The van der Waals surface area contributed by atoms with Gasteiger partial charge in [-0.1, -0.05) is 0 Å². The molecule has 37 heavy (non-hydrogen) atoms. The smallest absolute Gasteiger partial charge is 0.408 e. The zero-order chi connectivity index (χ0) is 26.5. The fraction of sp³-hybridized carbons (Fsp3) is 0.429. The number of rotatable bonds is 4. The lowest BCUT2D eigenvalue weighted by Gasteiger charge is -2.44. The molecule has 9 nitrogen and oxygen atoms in total. The Hall–Kier alpha value is -3.88. The van der Waals surface area contributed by atoms with Gasteiger partial charge in [0.25, 0.3) is 5.91 Å². The maximum Gasteiger partial charge on any atom is 0.408 e. The Morgan fingerprint density at radius 3 is 2.65 bits per heavy atom. The molecule has 194 valence electrons. The van der Waals surface area contributed by atoms with Gasteiger partial charge in [-0.15, -0.1) is 0 Å². The van der Waals surface area contributed by atoms with Crippen molar-refractivity contribution in [2.24, 2.45) is 7.05 Å². The number of benzene rings is 1. The molecular formula is C28H34N6O3. The number of amides is 2. The predicted octanol–water partition coefficient (Wildman–Crippen LogP) is 4.99. The second-order valence-corrected chi connectivity index (χ2v) is 10.8. The molecule has 9 heteroatoms. The van der Waals surface area contributed by atoms with Crippen LogP contribution in [0, 0.1) is 0 Å². The Labute approximate surface area is 216 Å². The lowest BCUT2D eigenvalue weighted by Crippen LogP contribution is -2.57. The van der Waals surface area contributed by atoms with Crippen LogP contribution in [0.25, 0.3) is 33.5 Å². The molecule has 0 bridgehead atoms. The maximum absolute atomic E-state index is 13.5. The highest BCUT2D eigenvalue weighted by molar-refractivity contribution is 5.98. The molecule has 1 saturated heterocycles. The molecule has 0 spiro atoms. The molecule has 1 atom stereocenters. The van der Waals surface area contributed by atoms with E-state index >= 15 is 0 Å². The Balaban J connectivity index is 1.46. The molecule has 3 aromatic heterocycles. The number of likely N-dealkylation sites (tertiary alicyclic amines) is 1. The second-order valence-electron chi connectivity index (χ2n) is 10.8. The SMILES string of the molecule is CCn1c(-c2nc3cc(C(=O)N4CCC[C@@H](N(C(=O)O)C(C)(C)C)C4)ccc3n2C)cc2ccncc21. The average molecular weight is 503 g/mol. The van der Waals surface area contributed by atoms with Gasteiger partial charge in [0.2, 0.25) is 0 Å². The summed E-state index contributed by atoms with van der Waals surface area (Å²) in [6.07, 6.45) is 4.23. The van der Waals surface area contributed by atoms with Crippen molar-refractivity contribution in [2.45, 2.75) is 58.7 Å². The number of hydrogen-bond donors (Lipinski definition) is 1. The molecule has 1 fully saturated rings. The second kappa shape index (κ2) is 9.21.